The van der Waals surface area contributed by atoms with Crippen LogP contribution in [0.25, 0.3) is 0 Å². The summed E-state index contributed by atoms with van der Waals surface area (Å²) in [4.78, 5) is 11.8. The minimum absolute atomic E-state index is 0.00743. The van der Waals surface area contributed by atoms with Gasteiger partial charge in [0, 0.05) is 15.1 Å². The number of anilines is 1. The van der Waals surface area contributed by atoms with Crippen molar-refractivity contribution in [3.63, 3.8) is 0 Å². The summed E-state index contributed by atoms with van der Waals surface area (Å²) in [5, 5.41) is 8.83. The molecule has 0 aliphatic carbocycles. The third kappa shape index (κ3) is 3.33. The van der Waals surface area contributed by atoms with Crippen LogP contribution in [-0.2, 0) is 0 Å². The van der Waals surface area contributed by atoms with Gasteiger partial charge in [0.15, 0.2) is 0 Å². The number of carbonyl (C=O) groups is 1. The van der Waals surface area contributed by atoms with Gasteiger partial charge in [0.2, 0.25) is 5.76 Å². The Morgan fingerprint density at radius 3 is 2.74 bits per heavy atom. The summed E-state index contributed by atoms with van der Waals surface area (Å²) >= 11 is 5.02. The van der Waals surface area contributed by atoms with E-state index in [1.54, 1.807) is 17.8 Å². The van der Waals surface area contributed by atoms with Crippen LogP contribution in [0.1, 0.15) is 28.5 Å². The summed E-state index contributed by atoms with van der Waals surface area (Å²) in [6, 6.07) is 8.73. The number of hydrogen-bond donors (Lipinski definition) is 2. The van der Waals surface area contributed by atoms with Gasteiger partial charge >= 0.3 is 5.97 Å². The van der Waals surface area contributed by atoms with E-state index in [2.05, 4.69) is 15.9 Å². The molecule has 1 unspecified atom stereocenters. The van der Waals surface area contributed by atoms with Gasteiger partial charge in [0.25, 0.3) is 0 Å². The van der Waals surface area contributed by atoms with Crippen molar-refractivity contribution >= 4 is 39.3 Å². The van der Waals surface area contributed by atoms with E-state index in [-0.39, 0.29) is 11.0 Å². The summed E-state index contributed by atoms with van der Waals surface area (Å²) in [5.74, 6) is -0.470. The molecule has 2 aromatic rings. The van der Waals surface area contributed by atoms with Crippen molar-refractivity contribution in [2.75, 3.05) is 5.73 Å². The molecule has 19 heavy (non-hydrogen) atoms. The van der Waals surface area contributed by atoms with Crippen LogP contribution >= 0.6 is 27.7 Å². The van der Waals surface area contributed by atoms with E-state index in [4.69, 9.17) is 15.3 Å². The lowest BCUT2D eigenvalue weighted by Gasteiger charge is -2.10. The number of hydrogen-bond acceptors (Lipinski definition) is 4. The van der Waals surface area contributed by atoms with Crippen molar-refractivity contribution in [1.82, 2.24) is 0 Å². The summed E-state index contributed by atoms with van der Waals surface area (Å²) in [6.07, 6.45) is 0. The molecule has 6 heteroatoms. The first kappa shape index (κ1) is 14.0. The Morgan fingerprint density at radius 1 is 1.42 bits per heavy atom. The first-order valence-electron chi connectivity index (χ1n) is 5.52. The Labute approximate surface area is 123 Å². The normalized spacial score (nSPS) is 12.3. The lowest BCUT2D eigenvalue weighted by atomic mass is 10.3. The highest BCUT2D eigenvalue weighted by molar-refractivity contribution is 9.10. The molecule has 4 nitrogen and oxygen atoms in total. The van der Waals surface area contributed by atoms with Crippen LogP contribution < -0.4 is 5.73 Å². The quantitative estimate of drug-likeness (QED) is 0.644. The largest absolute Gasteiger partial charge is 0.475 e. The number of aromatic carboxylic acids is 1. The van der Waals surface area contributed by atoms with Crippen molar-refractivity contribution in [1.29, 1.82) is 0 Å². The van der Waals surface area contributed by atoms with Crippen LogP contribution in [0.5, 0.6) is 0 Å². The summed E-state index contributed by atoms with van der Waals surface area (Å²) in [5.41, 5.74) is 6.37. The number of nitrogen functional groups attached to an aromatic ring is 1. The molecule has 1 aromatic heterocycles. The second-order valence-corrected chi connectivity index (χ2v) is 6.19. The number of rotatable bonds is 4. The molecule has 0 spiro atoms. The van der Waals surface area contributed by atoms with Crippen molar-refractivity contribution < 1.29 is 14.3 Å². The van der Waals surface area contributed by atoms with Crippen LogP contribution in [-0.4, -0.2) is 11.1 Å². The van der Waals surface area contributed by atoms with Gasteiger partial charge in [-0.3, -0.25) is 0 Å². The Bertz CT molecular complexity index is 612. The van der Waals surface area contributed by atoms with E-state index in [0.29, 0.717) is 11.4 Å². The van der Waals surface area contributed by atoms with Gasteiger partial charge in [0.05, 0.1) is 5.25 Å². The van der Waals surface area contributed by atoms with E-state index >= 15 is 0 Å². The van der Waals surface area contributed by atoms with Crippen LogP contribution in [0.4, 0.5) is 5.69 Å². The zero-order valence-electron chi connectivity index (χ0n) is 10.1. The van der Waals surface area contributed by atoms with Crippen molar-refractivity contribution in [2.24, 2.45) is 0 Å². The van der Waals surface area contributed by atoms with Gasteiger partial charge < -0.3 is 15.3 Å². The molecule has 1 aromatic carbocycles. The molecule has 100 valence electrons. The minimum Gasteiger partial charge on any atom is -0.475 e. The van der Waals surface area contributed by atoms with E-state index in [9.17, 15) is 4.79 Å². The molecule has 0 aliphatic rings. The van der Waals surface area contributed by atoms with E-state index in [1.807, 2.05) is 25.1 Å². The number of thioether (sulfide) groups is 1. The lowest BCUT2D eigenvalue weighted by molar-refractivity contribution is 0.0660. The Morgan fingerprint density at radius 2 is 2.16 bits per heavy atom. The molecule has 0 amide bonds. The number of benzene rings is 1. The van der Waals surface area contributed by atoms with Gasteiger partial charge in [-0.25, -0.2) is 4.79 Å². The Kier molecular flexibility index (Phi) is 4.21. The highest BCUT2D eigenvalue weighted by Crippen LogP contribution is 2.39. The first-order chi connectivity index (χ1) is 8.97. The van der Waals surface area contributed by atoms with E-state index in [1.165, 1.54) is 6.07 Å². The van der Waals surface area contributed by atoms with Gasteiger partial charge in [-0.2, -0.15) is 0 Å². The maximum atomic E-state index is 10.8. The monoisotopic (exact) mass is 341 g/mol. The second kappa shape index (κ2) is 5.71. The molecule has 3 N–H and O–H groups in total. The molecule has 0 bridgehead atoms. The molecule has 0 saturated heterocycles. The van der Waals surface area contributed by atoms with Crippen LogP contribution in [0, 0.1) is 0 Å². The van der Waals surface area contributed by atoms with E-state index < -0.39 is 5.97 Å². The molecule has 1 heterocycles. The minimum atomic E-state index is -1.06. The fourth-order valence-electron chi connectivity index (χ4n) is 1.55. The summed E-state index contributed by atoms with van der Waals surface area (Å²) in [7, 11) is 0. The van der Waals surface area contributed by atoms with Gasteiger partial charge in [-0.05, 0) is 53.2 Å². The summed E-state index contributed by atoms with van der Waals surface area (Å²) in [6.45, 7) is 1.96. The van der Waals surface area contributed by atoms with E-state index in [0.717, 1.165) is 9.37 Å². The summed E-state index contributed by atoms with van der Waals surface area (Å²) < 4.78 is 6.19. The average molecular weight is 342 g/mol. The van der Waals surface area contributed by atoms with Gasteiger partial charge in [0.1, 0.15) is 5.76 Å². The molecular formula is C13H12BrNO3S. The van der Waals surface area contributed by atoms with Crippen LogP contribution in [0.3, 0.4) is 0 Å². The fraction of sp³-hybridized carbons (Fsp3) is 0.154. The Balaban J connectivity index is 2.15. The van der Waals surface area contributed by atoms with Crippen molar-refractivity contribution in [3.05, 3.63) is 46.3 Å². The number of nitrogens with two attached hydrogens (primary N) is 1. The number of halogens is 1. The second-order valence-electron chi connectivity index (χ2n) is 3.96. The number of carboxylic acid groups (broad SMARTS) is 1. The van der Waals surface area contributed by atoms with Crippen molar-refractivity contribution in [3.8, 4) is 0 Å². The fourth-order valence-corrected chi connectivity index (χ4v) is 3.17. The molecule has 1 atom stereocenters. The predicted octanol–water partition coefficient (Wildman–Crippen LogP) is 4.18. The number of furan rings is 1. The van der Waals surface area contributed by atoms with Gasteiger partial charge in [-0.15, -0.1) is 11.8 Å². The SMILES string of the molecule is CC(Sc1ccc(N)cc1Br)c1ccc(C(=O)O)o1. The zero-order valence-corrected chi connectivity index (χ0v) is 12.5. The molecular weight excluding hydrogens is 330 g/mol. The molecule has 2 rings (SSSR count). The number of carboxylic acids is 1. The highest BCUT2D eigenvalue weighted by Gasteiger charge is 2.16. The third-order valence-corrected chi connectivity index (χ3v) is 4.61. The van der Waals surface area contributed by atoms with Crippen LogP contribution in [0.15, 0.2) is 44.1 Å². The average Bonchev–Trinajstić information content (AvgIpc) is 2.82. The smallest absolute Gasteiger partial charge is 0.371 e. The maximum Gasteiger partial charge on any atom is 0.371 e. The molecule has 0 aliphatic heterocycles. The lowest BCUT2D eigenvalue weighted by Crippen LogP contribution is -1.92. The molecule has 0 radical (unpaired) electrons. The van der Waals surface area contributed by atoms with Crippen molar-refractivity contribution in [2.45, 2.75) is 17.1 Å². The van der Waals surface area contributed by atoms with Crippen LogP contribution in [0.2, 0.25) is 0 Å². The molecule has 0 saturated carbocycles. The third-order valence-electron chi connectivity index (χ3n) is 2.50. The predicted molar refractivity (Wildman–Crippen MR) is 78.5 cm³/mol. The standard InChI is InChI=1S/C13H12BrNO3S/c1-7(10-3-4-11(18-10)13(16)17)19-12-5-2-8(15)6-9(12)14/h2-7H,15H2,1H3,(H,16,17). The first-order valence-corrected chi connectivity index (χ1v) is 7.19. The Hall–Kier alpha value is -1.40. The topological polar surface area (TPSA) is 76.5 Å². The maximum absolute atomic E-state index is 10.8. The zero-order chi connectivity index (χ0) is 14.0. The molecule has 0 fully saturated rings. The highest BCUT2D eigenvalue weighted by atomic mass is 79.9. The van der Waals surface area contributed by atoms with Gasteiger partial charge in [-0.1, -0.05) is 0 Å².